The molecule has 0 amide bonds. The number of aromatic nitrogens is 3. The Morgan fingerprint density at radius 1 is 1.14 bits per heavy atom. The van der Waals surface area contributed by atoms with Gasteiger partial charge >= 0.3 is 0 Å². The molecule has 0 aliphatic rings. The van der Waals surface area contributed by atoms with E-state index in [-0.39, 0.29) is 0 Å². The molecule has 152 valence electrons. The fraction of sp³-hybridized carbons (Fsp3) is 0.286. The molecular formula is C21H24Cl2N6. The van der Waals surface area contributed by atoms with Crippen LogP contribution in [0, 0.1) is 6.92 Å². The zero-order valence-electron chi connectivity index (χ0n) is 16.5. The van der Waals surface area contributed by atoms with Crippen LogP contribution in [0.1, 0.15) is 23.4 Å². The van der Waals surface area contributed by atoms with Crippen molar-refractivity contribution >= 4 is 29.2 Å². The van der Waals surface area contributed by atoms with Gasteiger partial charge in [-0.1, -0.05) is 35.3 Å². The van der Waals surface area contributed by atoms with E-state index in [0.717, 1.165) is 48.1 Å². The van der Waals surface area contributed by atoms with Crippen molar-refractivity contribution in [3.05, 3.63) is 75.9 Å². The van der Waals surface area contributed by atoms with Crippen LogP contribution in [0.15, 0.2) is 53.9 Å². The fourth-order valence-electron chi connectivity index (χ4n) is 2.90. The average molecular weight is 431 g/mol. The monoisotopic (exact) mass is 430 g/mol. The van der Waals surface area contributed by atoms with Gasteiger partial charge in [0.2, 0.25) is 0 Å². The Kier molecular flexibility index (Phi) is 7.49. The number of nitrogens with zero attached hydrogens (tertiary/aromatic N) is 4. The molecule has 0 aliphatic carbocycles. The van der Waals surface area contributed by atoms with Crippen molar-refractivity contribution in [1.29, 1.82) is 0 Å². The molecule has 0 unspecified atom stereocenters. The van der Waals surface area contributed by atoms with Gasteiger partial charge in [0, 0.05) is 48.8 Å². The molecule has 3 rings (SSSR count). The van der Waals surface area contributed by atoms with Gasteiger partial charge in [-0.25, -0.2) is 9.97 Å². The second-order valence-corrected chi connectivity index (χ2v) is 7.40. The number of nitrogens with one attached hydrogen (secondary N) is 2. The van der Waals surface area contributed by atoms with E-state index >= 15 is 0 Å². The lowest BCUT2D eigenvalue weighted by atomic mass is 10.1. The van der Waals surface area contributed by atoms with Crippen molar-refractivity contribution in [2.75, 3.05) is 13.6 Å². The number of rotatable bonds is 7. The van der Waals surface area contributed by atoms with E-state index in [0.29, 0.717) is 16.6 Å². The molecule has 0 saturated heterocycles. The molecule has 2 N–H and O–H groups in total. The summed E-state index contributed by atoms with van der Waals surface area (Å²) in [4.78, 5) is 13.0. The molecule has 8 heteroatoms. The van der Waals surface area contributed by atoms with Gasteiger partial charge in [-0.3, -0.25) is 9.56 Å². The van der Waals surface area contributed by atoms with Crippen LogP contribution in [0.3, 0.4) is 0 Å². The van der Waals surface area contributed by atoms with Gasteiger partial charge in [-0.2, -0.15) is 0 Å². The van der Waals surface area contributed by atoms with Crippen LogP contribution >= 0.6 is 23.2 Å². The van der Waals surface area contributed by atoms with E-state index < -0.39 is 0 Å². The largest absolute Gasteiger partial charge is 0.356 e. The summed E-state index contributed by atoms with van der Waals surface area (Å²) in [7, 11) is 1.76. The number of guanidine groups is 1. The zero-order valence-corrected chi connectivity index (χ0v) is 18.0. The quantitative estimate of drug-likeness (QED) is 0.335. The third kappa shape index (κ3) is 5.95. The van der Waals surface area contributed by atoms with Crippen molar-refractivity contribution in [1.82, 2.24) is 25.2 Å². The maximum atomic E-state index is 6.22. The SMILES string of the molecule is CN=C(NCCCc1ccc(Cl)cc1Cl)NCc1ccc(-n2ccnc2C)nc1. The second kappa shape index (κ2) is 10.3. The first kappa shape index (κ1) is 21.1. The third-order valence-corrected chi connectivity index (χ3v) is 5.08. The normalized spacial score (nSPS) is 11.5. The average Bonchev–Trinajstić information content (AvgIpc) is 3.15. The highest BCUT2D eigenvalue weighted by Crippen LogP contribution is 2.21. The zero-order chi connectivity index (χ0) is 20.6. The summed E-state index contributed by atoms with van der Waals surface area (Å²) in [5.74, 6) is 2.52. The lowest BCUT2D eigenvalue weighted by Crippen LogP contribution is -2.37. The van der Waals surface area contributed by atoms with Gasteiger partial charge < -0.3 is 10.6 Å². The molecule has 0 spiro atoms. The Balaban J connectivity index is 1.44. The van der Waals surface area contributed by atoms with Gasteiger partial charge in [0.25, 0.3) is 0 Å². The number of aliphatic imine (C=N–C) groups is 1. The minimum Gasteiger partial charge on any atom is -0.356 e. The van der Waals surface area contributed by atoms with Crippen molar-refractivity contribution in [2.24, 2.45) is 4.99 Å². The molecule has 2 aromatic heterocycles. The topological polar surface area (TPSA) is 67.1 Å². The highest BCUT2D eigenvalue weighted by atomic mass is 35.5. The molecule has 0 saturated carbocycles. The van der Waals surface area contributed by atoms with E-state index in [1.54, 1.807) is 19.3 Å². The van der Waals surface area contributed by atoms with Gasteiger partial charge in [0.1, 0.15) is 11.6 Å². The Labute approximate surface area is 181 Å². The third-order valence-electron chi connectivity index (χ3n) is 4.50. The maximum absolute atomic E-state index is 6.22. The first-order chi connectivity index (χ1) is 14.1. The first-order valence-electron chi connectivity index (χ1n) is 9.40. The Morgan fingerprint density at radius 3 is 2.66 bits per heavy atom. The van der Waals surface area contributed by atoms with Gasteiger partial charge in [-0.15, -0.1) is 0 Å². The summed E-state index contributed by atoms with van der Waals surface area (Å²) in [6, 6.07) is 9.64. The van der Waals surface area contributed by atoms with Crippen LogP contribution in [0.4, 0.5) is 0 Å². The number of aryl methyl sites for hydroxylation is 2. The molecule has 0 radical (unpaired) electrons. The van der Waals surface area contributed by atoms with Crippen molar-refractivity contribution < 1.29 is 0 Å². The molecule has 29 heavy (non-hydrogen) atoms. The van der Waals surface area contributed by atoms with E-state index in [1.807, 2.05) is 48.1 Å². The van der Waals surface area contributed by atoms with Crippen molar-refractivity contribution in [3.8, 4) is 5.82 Å². The lowest BCUT2D eigenvalue weighted by Gasteiger charge is -2.12. The van der Waals surface area contributed by atoms with E-state index in [2.05, 4.69) is 25.6 Å². The smallest absolute Gasteiger partial charge is 0.191 e. The fourth-order valence-corrected chi connectivity index (χ4v) is 3.40. The Morgan fingerprint density at radius 2 is 2.00 bits per heavy atom. The molecule has 1 aromatic carbocycles. The summed E-state index contributed by atoms with van der Waals surface area (Å²) in [5, 5.41) is 7.99. The van der Waals surface area contributed by atoms with Crippen molar-refractivity contribution in [2.45, 2.75) is 26.3 Å². The summed E-state index contributed by atoms with van der Waals surface area (Å²) >= 11 is 12.2. The van der Waals surface area contributed by atoms with Gasteiger partial charge in [-0.05, 0) is 49.1 Å². The van der Waals surface area contributed by atoms with E-state index in [1.165, 1.54) is 0 Å². The minimum absolute atomic E-state index is 0.638. The van der Waals surface area contributed by atoms with Gasteiger partial charge in [0.05, 0.1) is 0 Å². The number of hydrogen-bond acceptors (Lipinski definition) is 3. The Bertz CT molecular complexity index is 966. The number of halogens is 2. The number of pyridine rings is 1. The number of hydrogen-bond donors (Lipinski definition) is 2. The molecule has 3 aromatic rings. The number of benzene rings is 1. The van der Waals surface area contributed by atoms with Crippen molar-refractivity contribution in [3.63, 3.8) is 0 Å². The molecule has 2 heterocycles. The highest BCUT2D eigenvalue weighted by Gasteiger charge is 2.04. The molecular weight excluding hydrogens is 407 g/mol. The molecule has 6 nitrogen and oxygen atoms in total. The molecule has 0 aliphatic heterocycles. The van der Waals surface area contributed by atoms with Crippen LogP contribution in [0.25, 0.3) is 5.82 Å². The molecule has 0 fully saturated rings. The van der Waals surface area contributed by atoms with E-state index in [4.69, 9.17) is 23.2 Å². The van der Waals surface area contributed by atoms with E-state index in [9.17, 15) is 0 Å². The second-order valence-electron chi connectivity index (χ2n) is 6.56. The van der Waals surface area contributed by atoms with Crippen LogP contribution in [-0.4, -0.2) is 34.1 Å². The van der Waals surface area contributed by atoms with Gasteiger partial charge in [0.15, 0.2) is 5.96 Å². The summed E-state index contributed by atoms with van der Waals surface area (Å²) in [6.45, 7) is 3.38. The molecule has 0 bridgehead atoms. The summed E-state index contributed by atoms with van der Waals surface area (Å²) < 4.78 is 1.95. The molecule has 0 atom stereocenters. The maximum Gasteiger partial charge on any atom is 0.191 e. The summed E-state index contributed by atoms with van der Waals surface area (Å²) in [6.07, 6.45) is 7.33. The lowest BCUT2D eigenvalue weighted by molar-refractivity contribution is 0.741. The van der Waals surface area contributed by atoms with Crippen LogP contribution < -0.4 is 10.6 Å². The Hall–Kier alpha value is -2.57. The predicted molar refractivity (Wildman–Crippen MR) is 119 cm³/mol. The van der Waals surface area contributed by atoms with Crippen LogP contribution in [0.2, 0.25) is 10.0 Å². The minimum atomic E-state index is 0.638. The first-order valence-corrected chi connectivity index (χ1v) is 10.2. The van der Waals surface area contributed by atoms with Crippen LogP contribution in [-0.2, 0) is 13.0 Å². The number of imidazole rings is 1. The van der Waals surface area contributed by atoms with Crippen LogP contribution in [0.5, 0.6) is 0 Å². The predicted octanol–water partition coefficient (Wildman–Crippen LogP) is 4.18. The summed E-state index contributed by atoms with van der Waals surface area (Å²) in [5.41, 5.74) is 2.17. The highest BCUT2D eigenvalue weighted by molar-refractivity contribution is 6.35. The standard InChI is InChI=1S/C21H24Cl2N6/c1-15-25-10-11-29(15)20-8-5-16(13-27-20)14-28-21(24-2)26-9-3-4-17-6-7-18(22)12-19(17)23/h5-8,10-13H,3-4,9,14H2,1-2H3,(H2,24,26,28).